The van der Waals surface area contributed by atoms with E-state index in [0.717, 1.165) is 0 Å². The first-order valence-corrected chi connectivity index (χ1v) is 3.99. The van der Waals surface area contributed by atoms with Gasteiger partial charge in [0.05, 0.1) is 11.4 Å². The van der Waals surface area contributed by atoms with Crippen molar-refractivity contribution in [2.24, 2.45) is 0 Å². The fourth-order valence-corrected chi connectivity index (χ4v) is 1.03. The summed E-state index contributed by atoms with van der Waals surface area (Å²) in [6, 6.07) is 1.39. The van der Waals surface area contributed by atoms with Crippen LogP contribution in [0.25, 0.3) is 0 Å². The van der Waals surface area contributed by atoms with Gasteiger partial charge in [-0.25, -0.2) is 8.78 Å². The summed E-state index contributed by atoms with van der Waals surface area (Å²) >= 11 is 0. The van der Waals surface area contributed by atoms with Crippen molar-refractivity contribution in [3.8, 4) is 0 Å². The summed E-state index contributed by atoms with van der Waals surface area (Å²) in [5, 5.41) is 2.49. The second-order valence-corrected chi connectivity index (χ2v) is 2.54. The molecule has 1 rings (SSSR count). The molecule has 0 unspecified atom stereocenters. The quantitative estimate of drug-likeness (QED) is 0.540. The Morgan fingerprint density at radius 1 is 1.29 bits per heavy atom. The molecule has 0 aliphatic carbocycles. The summed E-state index contributed by atoms with van der Waals surface area (Å²) in [7, 11) is 1.49. The van der Waals surface area contributed by atoms with E-state index in [1.165, 1.54) is 20.0 Å². The fraction of sp³-hybridized carbons (Fsp3) is 0.200. The van der Waals surface area contributed by atoms with Gasteiger partial charge in [-0.15, -0.1) is 13.2 Å². The summed E-state index contributed by atoms with van der Waals surface area (Å²) in [5.74, 6) is -1.77. The molecule has 4 heteroatoms. The van der Waals surface area contributed by atoms with Crippen molar-refractivity contribution in [3.63, 3.8) is 0 Å². The number of nitrogens with one attached hydrogen (secondary N) is 1. The second-order valence-electron chi connectivity index (χ2n) is 2.54. The van der Waals surface area contributed by atoms with Gasteiger partial charge in [-0.1, -0.05) is 0 Å². The van der Waals surface area contributed by atoms with Crippen LogP contribution in [0.4, 0.5) is 20.2 Å². The number of anilines is 2. The molecule has 0 aromatic heterocycles. The Morgan fingerprint density at radius 2 is 1.79 bits per heavy atom. The third-order valence-electron chi connectivity index (χ3n) is 1.67. The molecule has 0 amide bonds. The van der Waals surface area contributed by atoms with E-state index in [4.69, 9.17) is 5.73 Å². The molecular formula is C10H14F2N2. The third kappa shape index (κ3) is 2.22. The average molecular weight is 200 g/mol. The summed E-state index contributed by atoms with van der Waals surface area (Å²) in [6.45, 7) is 7.47. The minimum atomic E-state index is -0.921. The first kappa shape index (κ1) is 12.4. The van der Waals surface area contributed by atoms with Gasteiger partial charge in [-0.3, -0.25) is 0 Å². The van der Waals surface area contributed by atoms with Gasteiger partial charge in [-0.2, -0.15) is 0 Å². The van der Waals surface area contributed by atoms with Crippen LogP contribution in [0.2, 0.25) is 0 Å². The van der Waals surface area contributed by atoms with Crippen LogP contribution in [0.3, 0.4) is 0 Å². The molecule has 0 aliphatic rings. The van der Waals surface area contributed by atoms with Crippen LogP contribution in [-0.4, -0.2) is 7.05 Å². The van der Waals surface area contributed by atoms with E-state index >= 15 is 0 Å². The molecule has 2 nitrogen and oxygen atoms in total. The molecule has 1 aromatic carbocycles. The fourth-order valence-electron chi connectivity index (χ4n) is 1.03. The standard InChI is InChI=1S/C8H10F2N2.C2H4/c1-4-3-5(11)8(12-2)7(10)6(4)9;1-2/h3,12H,11H2,1-2H3;1-2H2. The zero-order valence-electron chi connectivity index (χ0n) is 8.32. The van der Waals surface area contributed by atoms with E-state index in [2.05, 4.69) is 18.5 Å². The third-order valence-corrected chi connectivity index (χ3v) is 1.67. The van der Waals surface area contributed by atoms with E-state index in [1.54, 1.807) is 0 Å². The number of nitrogen functional groups attached to an aromatic ring is 1. The molecule has 1 aromatic rings. The van der Waals surface area contributed by atoms with Gasteiger partial charge in [0.25, 0.3) is 0 Å². The maximum absolute atomic E-state index is 13.0. The molecule has 0 bridgehead atoms. The Hall–Kier alpha value is -1.58. The zero-order chi connectivity index (χ0) is 11.3. The maximum atomic E-state index is 13.0. The Bertz CT molecular complexity index is 324. The van der Waals surface area contributed by atoms with Crippen LogP contribution in [0.5, 0.6) is 0 Å². The molecule has 0 radical (unpaired) electrons. The van der Waals surface area contributed by atoms with Crippen molar-refractivity contribution in [1.29, 1.82) is 0 Å². The second kappa shape index (κ2) is 5.21. The lowest BCUT2D eigenvalue weighted by Crippen LogP contribution is -2.02. The topological polar surface area (TPSA) is 38.0 Å². The zero-order valence-corrected chi connectivity index (χ0v) is 8.32. The summed E-state index contributed by atoms with van der Waals surface area (Å²) < 4.78 is 25.9. The predicted octanol–water partition coefficient (Wildman–Crippen LogP) is 2.70. The monoisotopic (exact) mass is 200 g/mol. The van der Waals surface area contributed by atoms with E-state index in [1.807, 2.05) is 0 Å². The molecule has 0 spiro atoms. The number of halogens is 2. The first-order valence-electron chi connectivity index (χ1n) is 3.99. The van der Waals surface area contributed by atoms with Gasteiger partial charge in [-0.05, 0) is 18.6 Å². The van der Waals surface area contributed by atoms with Crippen molar-refractivity contribution in [2.45, 2.75) is 6.92 Å². The van der Waals surface area contributed by atoms with Gasteiger partial charge < -0.3 is 11.1 Å². The lowest BCUT2D eigenvalue weighted by Gasteiger charge is -2.08. The molecule has 78 valence electrons. The Labute approximate surface area is 82.4 Å². The van der Waals surface area contributed by atoms with Crippen LogP contribution in [0.1, 0.15) is 5.56 Å². The molecule has 0 aliphatic heterocycles. The predicted molar refractivity (Wildman–Crippen MR) is 56.3 cm³/mol. The molecule has 3 N–H and O–H groups in total. The van der Waals surface area contributed by atoms with E-state index < -0.39 is 11.6 Å². The van der Waals surface area contributed by atoms with Crippen molar-refractivity contribution in [3.05, 3.63) is 36.4 Å². The molecule has 0 saturated carbocycles. The van der Waals surface area contributed by atoms with Crippen LogP contribution in [0, 0.1) is 18.6 Å². The highest BCUT2D eigenvalue weighted by Gasteiger charge is 2.12. The summed E-state index contributed by atoms with van der Waals surface area (Å²) in [4.78, 5) is 0. The Kier molecular flexibility index (Phi) is 4.63. The van der Waals surface area contributed by atoms with Crippen molar-refractivity contribution < 1.29 is 8.78 Å². The van der Waals surface area contributed by atoms with Crippen LogP contribution < -0.4 is 11.1 Å². The highest BCUT2D eigenvalue weighted by atomic mass is 19.2. The lowest BCUT2D eigenvalue weighted by molar-refractivity contribution is 0.506. The first-order chi connectivity index (χ1) is 6.57. The van der Waals surface area contributed by atoms with Gasteiger partial charge in [0.1, 0.15) is 0 Å². The average Bonchev–Trinajstić information content (AvgIpc) is 2.18. The lowest BCUT2D eigenvalue weighted by atomic mass is 10.1. The molecular weight excluding hydrogens is 186 g/mol. The Balaban J connectivity index is 0.000000791. The van der Waals surface area contributed by atoms with Gasteiger partial charge >= 0.3 is 0 Å². The number of nitrogens with two attached hydrogens (primary N) is 1. The van der Waals surface area contributed by atoms with Crippen LogP contribution in [0.15, 0.2) is 19.2 Å². The number of rotatable bonds is 1. The highest BCUT2D eigenvalue weighted by Crippen LogP contribution is 2.26. The molecule has 0 fully saturated rings. The van der Waals surface area contributed by atoms with E-state index in [-0.39, 0.29) is 16.9 Å². The van der Waals surface area contributed by atoms with Gasteiger partial charge in [0.15, 0.2) is 11.6 Å². The summed E-state index contributed by atoms with van der Waals surface area (Å²) in [5.41, 5.74) is 5.87. The maximum Gasteiger partial charge on any atom is 0.184 e. The van der Waals surface area contributed by atoms with Crippen molar-refractivity contribution >= 4 is 11.4 Å². The molecule has 14 heavy (non-hydrogen) atoms. The summed E-state index contributed by atoms with van der Waals surface area (Å²) in [6.07, 6.45) is 0. The number of aryl methyl sites for hydroxylation is 1. The SMILES string of the molecule is C=C.CNc1c(N)cc(C)c(F)c1F. The number of hydrogen-bond acceptors (Lipinski definition) is 2. The Morgan fingerprint density at radius 3 is 2.21 bits per heavy atom. The minimum Gasteiger partial charge on any atom is -0.397 e. The van der Waals surface area contributed by atoms with Gasteiger partial charge in [0.2, 0.25) is 0 Å². The van der Waals surface area contributed by atoms with Crippen LogP contribution >= 0.6 is 0 Å². The highest BCUT2D eigenvalue weighted by molar-refractivity contribution is 5.67. The largest absolute Gasteiger partial charge is 0.397 e. The molecule has 0 heterocycles. The number of hydrogen-bond donors (Lipinski definition) is 2. The van der Waals surface area contributed by atoms with E-state index in [0.29, 0.717) is 0 Å². The van der Waals surface area contributed by atoms with Crippen molar-refractivity contribution in [2.75, 3.05) is 18.1 Å². The van der Waals surface area contributed by atoms with Crippen LogP contribution in [-0.2, 0) is 0 Å². The van der Waals surface area contributed by atoms with Crippen molar-refractivity contribution in [1.82, 2.24) is 0 Å². The number of benzene rings is 1. The normalized spacial score (nSPS) is 8.86. The smallest absolute Gasteiger partial charge is 0.184 e. The molecule has 0 saturated heterocycles. The van der Waals surface area contributed by atoms with Gasteiger partial charge in [0, 0.05) is 7.05 Å². The minimum absolute atomic E-state index is 0.0121. The van der Waals surface area contributed by atoms with E-state index in [9.17, 15) is 8.78 Å². The molecule has 0 atom stereocenters.